The van der Waals surface area contributed by atoms with E-state index in [0.29, 0.717) is 0 Å². The first-order valence-electron chi connectivity index (χ1n) is 13.6. The van der Waals surface area contributed by atoms with Crippen molar-refractivity contribution in [2.24, 2.45) is 0 Å². The minimum atomic E-state index is -0.269. The van der Waals surface area contributed by atoms with Crippen molar-refractivity contribution in [2.45, 2.75) is 73.1 Å². The van der Waals surface area contributed by atoms with E-state index in [9.17, 15) is 5.11 Å². The largest absolute Gasteiger partial charge is 0.310 e. The monoisotopic (exact) mass is 501 g/mol. The zero-order chi connectivity index (χ0) is 27.6. The van der Waals surface area contributed by atoms with Crippen LogP contribution in [-0.4, -0.2) is 0 Å². The van der Waals surface area contributed by atoms with Gasteiger partial charge in [0.15, 0.2) is 5.75 Å². The Kier molecular flexibility index (Phi) is 6.21. The summed E-state index contributed by atoms with van der Waals surface area (Å²) in [6.45, 7) is 19.4. The topological polar surface area (TPSA) is 23.1 Å². The molecular formula is C36H39NO. The lowest BCUT2D eigenvalue weighted by Gasteiger charge is -2.39. The maximum absolute atomic E-state index is 13.7. The average Bonchev–Trinajstić information content (AvgIpc) is 2.82. The van der Waals surface area contributed by atoms with Crippen LogP contribution in [0.5, 0.6) is 5.75 Å². The van der Waals surface area contributed by atoms with Crippen molar-refractivity contribution in [1.29, 1.82) is 0 Å². The summed E-state index contributed by atoms with van der Waals surface area (Å²) < 4.78 is 0. The van der Waals surface area contributed by atoms with E-state index in [2.05, 4.69) is 140 Å². The summed E-state index contributed by atoms with van der Waals surface area (Å²) >= 11 is 0. The van der Waals surface area contributed by atoms with Crippen LogP contribution in [0.2, 0.25) is 0 Å². The first-order chi connectivity index (χ1) is 17.8. The molecule has 0 atom stereocenters. The highest BCUT2D eigenvalue weighted by atomic mass is 16.3. The van der Waals surface area contributed by atoms with Crippen LogP contribution in [0.25, 0.3) is 0 Å². The standard InChI is InChI=1S/C36H39NO/c1-22-18-23(2)32(24(3)19-22)33-26-14-10-12-16-30(26)37(31-17-13-11-15-27(31)33)25-20-28(35(4,5)6)34(38)29(21-25)36(7,8)9/h10-21H,1-9H3. The van der Waals surface area contributed by atoms with Gasteiger partial charge in [-0.05, 0) is 83.7 Å². The summed E-state index contributed by atoms with van der Waals surface area (Å²) in [6.07, 6.45) is 0. The van der Waals surface area contributed by atoms with E-state index in [1.54, 1.807) is 0 Å². The van der Waals surface area contributed by atoms with Gasteiger partial charge in [-0.15, -0.1) is 0 Å². The van der Waals surface area contributed by atoms with E-state index in [4.69, 9.17) is 0 Å². The molecular weight excluding hydrogens is 462 g/mol. The number of para-hydroxylation sites is 2. The van der Waals surface area contributed by atoms with Gasteiger partial charge in [0.1, 0.15) is 0 Å². The minimum absolute atomic E-state index is 0.158. The third kappa shape index (κ3) is 4.30. The fourth-order valence-corrected chi connectivity index (χ4v) is 6.01. The summed E-state index contributed by atoms with van der Waals surface area (Å²) in [5, 5.41) is 13.7. The Morgan fingerprint density at radius 2 is 1.03 bits per heavy atom. The van der Waals surface area contributed by atoms with Crippen LogP contribution in [0, 0.1) is 26.7 Å². The van der Waals surface area contributed by atoms with Gasteiger partial charge >= 0.3 is 0 Å². The van der Waals surface area contributed by atoms with E-state index in [0.717, 1.165) is 28.2 Å². The van der Waals surface area contributed by atoms with Gasteiger partial charge in [-0.2, -0.15) is 0 Å². The number of hydrogen-bond donors (Lipinski definition) is 0. The van der Waals surface area contributed by atoms with Gasteiger partial charge in [-0.25, -0.2) is 0 Å². The van der Waals surface area contributed by atoms with E-state index in [-0.39, 0.29) is 16.6 Å². The average molecular weight is 502 g/mol. The Balaban J connectivity index is 1.84. The first kappa shape index (κ1) is 26.1. The van der Waals surface area contributed by atoms with Crippen molar-refractivity contribution in [3.8, 4) is 5.75 Å². The molecule has 0 bridgehead atoms. The smallest absolute Gasteiger partial charge is 0.186 e. The molecule has 0 aliphatic carbocycles. The molecule has 4 aromatic rings. The van der Waals surface area contributed by atoms with Gasteiger partial charge in [0.05, 0.1) is 17.3 Å². The molecule has 1 aliphatic heterocycles. The molecule has 0 aromatic heterocycles. The zero-order valence-corrected chi connectivity index (χ0v) is 24.3. The Hall–Kier alpha value is -3.52. The molecule has 0 spiro atoms. The molecule has 2 nitrogen and oxygen atoms in total. The van der Waals surface area contributed by atoms with Crippen molar-refractivity contribution in [1.82, 2.24) is 0 Å². The Morgan fingerprint density at radius 1 is 0.605 bits per heavy atom. The van der Waals surface area contributed by atoms with Crippen molar-refractivity contribution >= 4 is 17.1 Å². The molecule has 2 radical (unpaired) electrons. The van der Waals surface area contributed by atoms with E-state index in [1.807, 2.05) is 0 Å². The summed E-state index contributed by atoms with van der Waals surface area (Å²) in [6, 6.07) is 26.2. The van der Waals surface area contributed by atoms with Crippen molar-refractivity contribution in [3.63, 3.8) is 0 Å². The molecule has 5 rings (SSSR count). The number of fused-ring (bicyclic) bond motifs is 2. The van der Waals surface area contributed by atoms with E-state index in [1.165, 1.54) is 39.3 Å². The third-order valence-corrected chi connectivity index (χ3v) is 7.70. The number of benzene rings is 4. The van der Waals surface area contributed by atoms with Gasteiger partial charge in [0.25, 0.3) is 0 Å². The molecule has 38 heavy (non-hydrogen) atoms. The van der Waals surface area contributed by atoms with E-state index < -0.39 is 0 Å². The third-order valence-electron chi connectivity index (χ3n) is 7.70. The Labute approximate surface area is 229 Å². The lowest BCUT2D eigenvalue weighted by molar-refractivity contribution is 0.327. The quantitative estimate of drug-likeness (QED) is 0.236. The Bertz CT molecular complexity index is 1420. The highest BCUT2D eigenvalue weighted by Crippen LogP contribution is 2.53. The summed E-state index contributed by atoms with van der Waals surface area (Å²) in [5.41, 5.74) is 12.1. The summed E-state index contributed by atoms with van der Waals surface area (Å²) in [5.74, 6) is 1.43. The van der Waals surface area contributed by atoms with Crippen LogP contribution in [0.3, 0.4) is 0 Å². The lowest BCUT2D eigenvalue weighted by atomic mass is 9.76. The normalized spacial score (nSPS) is 13.9. The second-order valence-electron chi connectivity index (χ2n) is 12.9. The molecule has 1 aliphatic rings. The molecule has 1 heterocycles. The van der Waals surface area contributed by atoms with Crippen LogP contribution in [0.1, 0.15) is 86.1 Å². The summed E-state index contributed by atoms with van der Waals surface area (Å²) in [7, 11) is 0. The molecule has 0 fully saturated rings. The van der Waals surface area contributed by atoms with Crippen molar-refractivity contribution in [2.75, 3.05) is 4.90 Å². The van der Waals surface area contributed by atoms with Crippen LogP contribution in [0.15, 0.2) is 72.8 Å². The molecule has 0 N–H and O–H groups in total. The van der Waals surface area contributed by atoms with E-state index >= 15 is 0 Å². The molecule has 4 aromatic carbocycles. The Morgan fingerprint density at radius 3 is 1.45 bits per heavy atom. The predicted molar refractivity (Wildman–Crippen MR) is 160 cm³/mol. The van der Waals surface area contributed by atoms with Crippen LogP contribution in [-0.2, 0) is 15.9 Å². The lowest BCUT2D eigenvalue weighted by Crippen LogP contribution is -2.25. The van der Waals surface area contributed by atoms with Gasteiger partial charge < -0.3 is 4.90 Å². The number of nitrogens with zero attached hydrogens (tertiary/aromatic N) is 1. The highest BCUT2D eigenvalue weighted by molar-refractivity contribution is 5.91. The maximum atomic E-state index is 13.7. The predicted octanol–water partition coefficient (Wildman–Crippen LogP) is 10.2. The fourth-order valence-electron chi connectivity index (χ4n) is 6.01. The fraction of sp³-hybridized carbons (Fsp3) is 0.306. The van der Waals surface area contributed by atoms with Gasteiger partial charge in [-0.1, -0.05) is 95.6 Å². The molecule has 0 saturated carbocycles. The van der Waals surface area contributed by atoms with Gasteiger partial charge in [0, 0.05) is 16.8 Å². The first-order valence-corrected chi connectivity index (χ1v) is 13.6. The zero-order valence-electron chi connectivity index (χ0n) is 24.3. The molecule has 0 saturated heterocycles. The summed E-state index contributed by atoms with van der Waals surface area (Å²) in [4.78, 5) is 2.36. The van der Waals surface area contributed by atoms with Crippen LogP contribution in [0.4, 0.5) is 17.1 Å². The molecule has 0 unspecified atom stereocenters. The molecule has 2 heteroatoms. The van der Waals surface area contributed by atoms with Gasteiger partial charge in [0.2, 0.25) is 0 Å². The number of anilines is 3. The number of rotatable bonds is 2. The maximum Gasteiger partial charge on any atom is 0.186 e. The van der Waals surface area contributed by atoms with Crippen molar-refractivity contribution in [3.05, 3.63) is 123 Å². The molecule has 194 valence electrons. The second-order valence-corrected chi connectivity index (χ2v) is 12.9. The highest BCUT2D eigenvalue weighted by Gasteiger charge is 2.36. The molecule has 0 amide bonds. The van der Waals surface area contributed by atoms with Crippen molar-refractivity contribution < 1.29 is 5.11 Å². The minimum Gasteiger partial charge on any atom is -0.310 e. The van der Waals surface area contributed by atoms with Crippen LogP contribution < -0.4 is 4.90 Å². The second kappa shape index (κ2) is 9.05. The van der Waals surface area contributed by atoms with Crippen LogP contribution >= 0.6 is 0 Å². The van der Waals surface area contributed by atoms with Gasteiger partial charge in [-0.3, -0.25) is 5.11 Å². The number of aryl methyl sites for hydroxylation is 3. The SMILES string of the molecule is Cc1cc(C)c([C]2c3ccccc3N(c3cc(C(C)(C)C)c([O])c(C(C)(C)C)c3)c3ccccc32)c(C)c1. The number of hydrogen-bond acceptors (Lipinski definition) is 1.